The molecule has 1 fully saturated rings. The number of rotatable bonds is 8. The first-order chi connectivity index (χ1) is 19.3. The second kappa shape index (κ2) is 10.1. The molecule has 2 N–H and O–H groups in total. The molecule has 6 rings (SSSR count). The number of hydrogen-bond donors (Lipinski definition) is 2. The molecule has 0 bridgehead atoms. The van der Waals surface area contributed by atoms with E-state index in [4.69, 9.17) is 26.1 Å². The van der Waals surface area contributed by atoms with Gasteiger partial charge >= 0.3 is 5.97 Å². The molecule has 2 aromatic carbocycles. The predicted molar refractivity (Wildman–Crippen MR) is 151 cm³/mol. The normalized spacial score (nSPS) is 21.7. The molecule has 40 heavy (non-hydrogen) atoms. The Labute approximate surface area is 236 Å². The molecule has 1 aliphatic carbocycles. The van der Waals surface area contributed by atoms with E-state index in [-0.39, 0.29) is 22.4 Å². The van der Waals surface area contributed by atoms with Gasteiger partial charge in [0.2, 0.25) is 11.0 Å². The number of aliphatic carboxylic acids is 1. The average Bonchev–Trinajstić information content (AvgIpc) is 3.67. The highest BCUT2D eigenvalue weighted by Gasteiger charge is 2.60. The quantitative estimate of drug-likeness (QED) is 0.256. The van der Waals surface area contributed by atoms with Gasteiger partial charge in [0.1, 0.15) is 11.8 Å². The largest absolute Gasteiger partial charge is 0.475 e. The molecular weight excluding hydrogens is 530 g/mol. The minimum atomic E-state index is -1.17. The summed E-state index contributed by atoms with van der Waals surface area (Å²) in [5.74, 6) is -0.810. The van der Waals surface area contributed by atoms with E-state index in [1.54, 1.807) is 6.33 Å². The zero-order valence-corrected chi connectivity index (χ0v) is 23.0. The smallest absolute Gasteiger partial charge is 0.374 e. The number of aromatic nitrogens is 4. The molecule has 9 nitrogen and oxygen atoms in total. The number of hydrogen-bond acceptors (Lipinski definition) is 7. The first kappa shape index (κ1) is 26.1. The summed E-state index contributed by atoms with van der Waals surface area (Å²) < 4.78 is 13.7. The fraction of sp³-hybridized carbons (Fsp3) is 0.333. The van der Waals surface area contributed by atoms with Crippen LogP contribution in [-0.2, 0) is 19.8 Å². The van der Waals surface area contributed by atoms with Crippen LogP contribution in [0.1, 0.15) is 50.2 Å². The summed E-state index contributed by atoms with van der Waals surface area (Å²) in [4.78, 5) is 25.4. The number of carboxylic acids is 1. The van der Waals surface area contributed by atoms with Crippen molar-refractivity contribution in [2.24, 2.45) is 5.41 Å². The number of benzene rings is 2. The maximum atomic E-state index is 11.6. The van der Waals surface area contributed by atoms with Gasteiger partial charge in [0.05, 0.1) is 6.33 Å². The predicted octanol–water partition coefficient (Wildman–Crippen LogP) is 5.93. The number of ether oxygens (including phenoxy) is 2. The number of fused-ring (bicyclic) bond motifs is 1. The number of nitrogens with one attached hydrogen (secondary N) is 1. The molecule has 2 atom stereocenters. The van der Waals surface area contributed by atoms with E-state index >= 15 is 0 Å². The lowest BCUT2D eigenvalue weighted by atomic mass is 9.74. The Morgan fingerprint density at radius 2 is 1.77 bits per heavy atom. The molecule has 0 radical (unpaired) electrons. The summed E-state index contributed by atoms with van der Waals surface area (Å²) in [6, 6.07) is 20.6. The van der Waals surface area contributed by atoms with Gasteiger partial charge in [0.15, 0.2) is 17.0 Å². The zero-order chi connectivity index (χ0) is 27.9. The highest BCUT2D eigenvalue weighted by Crippen LogP contribution is 2.56. The summed E-state index contributed by atoms with van der Waals surface area (Å²) in [6.07, 6.45) is 4.50. The third-order valence-corrected chi connectivity index (χ3v) is 8.51. The van der Waals surface area contributed by atoms with Gasteiger partial charge in [-0.25, -0.2) is 9.78 Å². The average molecular weight is 560 g/mol. The molecule has 0 spiro atoms. The van der Waals surface area contributed by atoms with Crippen LogP contribution < -0.4 is 5.32 Å². The van der Waals surface area contributed by atoms with Gasteiger partial charge in [-0.1, -0.05) is 80.9 Å². The Hall–Kier alpha value is -4.11. The van der Waals surface area contributed by atoms with Crippen LogP contribution in [0.25, 0.3) is 11.2 Å². The van der Waals surface area contributed by atoms with Gasteiger partial charge in [-0.15, -0.1) is 0 Å². The van der Waals surface area contributed by atoms with Crippen LogP contribution in [0, 0.1) is 5.41 Å². The monoisotopic (exact) mass is 559 g/mol. The van der Waals surface area contributed by atoms with Crippen molar-refractivity contribution in [1.29, 1.82) is 0 Å². The number of carbonyl (C=O) groups is 1. The van der Waals surface area contributed by atoms with Crippen molar-refractivity contribution in [2.45, 2.75) is 50.9 Å². The summed E-state index contributed by atoms with van der Waals surface area (Å²) >= 11 is 6.50. The highest BCUT2D eigenvalue weighted by molar-refractivity contribution is 6.28. The van der Waals surface area contributed by atoms with Crippen molar-refractivity contribution in [1.82, 2.24) is 19.5 Å². The summed E-state index contributed by atoms with van der Waals surface area (Å²) in [6.45, 7) is 4.81. The lowest BCUT2D eigenvalue weighted by Gasteiger charge is -2.44. The molecule has 2 unspecified atom stereocenters. The molecule has 3 heterocycles. The minimum Gasteiger partial charge on any atom is -0.475 e. The van der Waals surface area contributed by atoms with Crippen LogP contribution in [0.3, 0.4) is 0 Å². The van der Waals surface area contributed by atoms with E-state index in [1.807, 2.05) is 41.0 Å². The number of imidazole rings is 1. The molecule has 1 aliphatic heterocycles. The third kappa shape index (κ3) is 4.34. The maximum Gasteiger partial charge on any atom is 0.374 e. The second-order valence-corrected chi connectivity index (χ2v) is 11.3. The Morgan fingerprint density at radius 3 is 2.35 bits per heavy atom. The summed E-state index contributed by atoms with van der Waals surface area (Å²) in [7, 11) is 0. The van der Waals surface area contributed by atoms with Crippen molar-refractivity contribution in [3.05, 3.63) is 95.4 Å². The summed E-state index contributed by atoms with van der Waals surface area (Å²) in [5.41, 5.74) is 2.34. The van der Waals surface area contributed by atoms with Gasteiger partial charge in [-0.2, -0.15) is 9.97 Å². The van der Waals surface area contributed by atoms with Gasteiger partial charge in [0.25, 0.3) is 6.29 Å². The van der Waals surface area contributed by atoms with E-state index in [0.717, 1.165) is 12.8 Å². The summed E-state index contributed by atoms with van der Waals surface area (Å²) in [5, 5.41) is 13.1. The maximum absolute atomic E-state index is 11.6. The van der Waals surface area contributed by atoms with Crippen LogP contribution in [0.5, 0.6) is 0 Å². The fourth-order valence-electron chi connectivity index (χ4n) is 6.24. The topological polar surface area (TPSA) is 111 Å². The number of nitrogens with zero attached hydrogens (tertiary/aromatic N) is 4. The van der Waals surface area contributed by atoms with E-state index < -0.39 is 17.8 Å². The van der Waals surface area contributed by atoms with Crippen molar-refractivity contribution in [3.8, 4) is 0 Å². The van der Waals surface area contributed by atoms with Gasteiger partial charge in [-0.05, 0) is 41.0 Å². The van der Waals surface area contributed by atoms with Crippen molar-refractivity contribution in [3.63, 3.8) is 0 Å². The van der Waals surface area contributed by atoms with Crippen molar-refractivity contribution in [2.75, 3.05) is 11.9 Å². The van der Waals surface area contributed by atoms with Crippen LogP contribution in [0.4, 0.5) is 5.82 Å². The molecule has 0 saturated heterocycles. The SMILES string of the molecule is CC1(C)CCCC1(C1OC=C(C(=O)O)O1)n1cnc2c(NCC(c3ccccc3)c3ccccc3)nc(Cl)nc21. The second-order valence-electron chi connectivity index (χ2n) is 10.9. The third-order valence-electron chi connectivity index (χ3n) is 8.34. The molecule has 0 amide bonds. The standard InChI is InChI=1S/C30H30ClN5O4/c1-29(2)14-9-15-30(29,27-39-17-22(40-27)26(37)38)36-18-33-23-24(34-28(31)35-25(23)36)32-16-21(19-10-5-3-6-11-19)20-12-7-4-8-13-20/h3-8,10-13,17-18,21,27H,9,14-16H2,1-2H3,(H,37,38)(H,32,34,35). The molecule has 4 aromatic rings. The van der Waals surface area contributed by atoms with Crippen LogP contribution in [-0.4, -0.2) is 43.4 Å². The van der Waals surface area contributed by atoms with Crippen LogP contribution in [0.15, 0.2) is 79.0 Å². The molecular formula is C30H30ClN5O4. The van der Waals surface area contributed by atoms with Gasteiger partial charge in [0, 0.05) is 12.5 Å². The van der Waals surface area contributed by atoms with Gasteiger partial charge < -0.3 is 24.5 Å². The van der Waals surface area contributed by atoms with E-state index in [2.05, 4.69) is 53.4 Å². The fourth-order valence-corrected chi connectivity index (χ4v) is 6.41. The number of halogens is 1. The van der Waals surface area contributed by atoms with E-state index in [0.29, 0.717) is 29.9 Å². The highest BCUT2D eigenvalue weighted by atomic mass is 35.5. The molecule has 206 valence electrons. The Bertz CT molecular complexity index is 1530. The molecule has 2 aromatic heterocycles. The Kier molecular flexibility index (Phi) is 6.62. The Morgan fingerprint density at radius 1 is 1.10 bits per heavy atom. The van der Waals surface area contributed by atoms with Crippen LogP contribution in [0.2, 0.25) is 5.28 Å². The van der Waals surface area contributed by atoms with Crippen molar-refractivity contribution >= 4 is 34.6 Å². The first-order valence-electron chi connectivity index (χ1n) is 13.3. The molecule has 1 saturated carbocycles. The van der Waals surface area contributed by atoms with E-state index in [9.17, 15) is 9.90 Å². The number of anilines is 1. The first-order valence-corrected chi connectivity index (χ1v) is 13.7. The molecule has 10 heteroatoms. The lowest BCUT2D eigenvalue weighted by Crippen LogP contribution is -2.52. The van der Waals surface area contributed by atoms with Crippen molar-refractivity contribution < 1.29 is 19.4 Å². The Balaban J connectivity index is 1.39. The zero-order valence-electron chi connectivity index (χ0n) is 22.3. The lowest BCUT2D eigenvalue weighted by molar-refractivity contribution is -0.161. The molecule has 2 aliphatic rings. The number of carboxylic acid groups (broad SMARTS) is 1. The van der Waals surface area contributed by atoms with Crippen LogP contribution >= 0.6 is 11.6 Å². The van der Waals surface area contributed by atoms with E-state index in [1.165, 1.54) is 17.4 Å². The minimum absolute atomic E-state index is 0.0641. The van der Waals surface area contributed by atoms with Gasteiger partial charge in [-0.3, -0.25) is 0 Å².